The number of carbonyl (C=O) groups excluding carboxylic acids is 2. The van der Waals surface area contributed by atoms with E-state index in [1.807, 2.05) is 0 Å². The summed E-state index contributed by atoms with van der Waals surface area (Å²) in [7, 11) is 1.71. The summed E-state index contributed by atoms with van der Waals surface area (Å²) in [6.45, 7) is 1.22. The number of nitrogens with zero attached hydrogens (tertiary/aromatic N) is 2. The van der Waals surface area contributed by atoms with E-state index < -0.39 is 5.60 Å². The minimum atomic E-state index is -0.709. The van der Waals surface area contributed by atoms with Crippen LogP contribution in [0.15, 0.2) is 0 Å². The van der Waals surface area contributed by atoms with Crippen LogP contribution in [0, 0.1) is 0 Å². The van der Waals surface area contributed by atoms with Crippen LogP contribution in [-0.4, -0.2) is 59.0 Å². The van der Waals surface area contributed by atoms with Crippen molar-refractivity contribution in [3.8, 4) is 0 Å². The van der Waals surface area contributed by atoms with Crippen molar-refractivity contribution in [1.29, 1.82) is 0 Å². The molecule has 18 heavy (non-hydrogen) atoms. The molecule has 5 nitrogen and oxygen atoms in total. The number of rotatable bonds is 4. The van der Waals surface area contributed by atoms with Crippen LogP contribution >= 0.6 is 0 Å². The fraction of sp³-hybridized carbons (Fsp3) is 0.846. The second-order valence-electron chi connectivity index (χ2n) is 5.60. The van der Waals surface area contributed by atoms with Gasteiger partial charge in [-0.1, -0.05) is 12.8 Å². The number of likely N-dealkylation sites (tertiary alicyclic amines) is 1. The molecule has 0 spiro atoms. The van der Waals surface area contributed by atoms with Gasteiger partial charge in [0.15, 0.2) is 0 Å². The van der Waals surface area contributed by atoms with Gasteiger partial charge in [0.05, 0.1) is 12.1 Å². The maximum Gasteiger partial charge on any atom is 0.242 e. The van der Waals surface area contributed by atoms with E-state index in [1.54, 1.807) is 16.8 Å². The largest absolute Gasteiger partial charge is 0.388 e. The van der Waals surface area contributed by atoms with Crippen LogP contribution in [0.4, 0.5) is 0 Å². The first-order valence-electron chi connectivity index (χ1n) is 6.74. The normalized spacial score (nSPS) is 22.6. The van der Waals surface area contributed by atoms with Crippen LogP contribution in [0.25, 0.3) is 0 Å². The monoisotopic (exact) mass is 254 g/mol. The first kappa shape index (κ1) is 13.3. The number of hydrogen-bond acceptors (Lipinski definition) is 3. The van der Waals surface area contributed by atoms with Crippen molar-refractivity contribution < 1.29 is 14.7 Å². The first-order chi connectivity index (χ1) is 8.50. The summed E-state index contributed by atoms with van der Waals surface area (Å²) in [6.07, 6.45) is 5.01. The van der Waals surface area contributed by atoms with Gasteiger partial charge in [-0.3, -0.25) is 9.59 Å². The lowest BCUT2D eigenvalue weighted by Crippen LogP contribution is -2.46. The van der Waals surface area contributed by atoms with E-state index in [1.165, 1.54) is 0 Å². The van der Waals surface area contributed by atoms with Crippen molar-refractivity contribution in [3.63, 3.8) is 0 Å². The van der Waals surface area contributed by atoms with E-state index in [2.05, 4.69) is 0 Å². The molecule has 1 aliphatic heterocycles. The Balaban J connectivity index is 1.83. The first-order valence-corrected chi connectivity index (χ1v) is 6.74. The quantitative estimate of drug-likeness (QED) is 0.788. The Bertz CT molecular complexity index is 337. The maximum atomic E-state index is 12.0. The van der Waals surface area contributed by atoms with Gasteiger partial charge in [-0.2, -0.15) is 0 Å². The molecule has 102 valence electrons. The summed E-state index contributed by atoms with van der Waals surface area (Å²) in [5.74, 6) is -0.0121. The Hall–Kier alpha value is -1.10. The molecule has 1 aliphatic carbocycles. The van der Waals surface area contributed by atoms with Gasteiger partial charge in [0.2, 0.25) is 11.8 Å². The van der Waals surface area contributed by atoms with Crippen molar-refractivity contribution in [2.45, 2.75) is 44.1 Å². The van der Waals surface area contributed by atoms with Gasteiger partial charge in [0, 0.05) is 26.6 Å². The predicted molar refractivity (Wildman–Crippen MR) is 66.9 cm³/mol. The second kappa shape index (κ2) is 5.26. The highest BCUT2D eigenvalue weighted by Gasteiger charge is 2.34. The van der Waals surface area contributed by atoms with Crippen LogP contribution in [0.3, 0.4) is 0 Å². The van der Waals surface area contributed by atoms with Crippen molar-refractivity contribution in [3.05, 3.63) is 0 Å². The van der Waals surface area contributed by atoms with Crippen molar-refractivity contribution >= 4 is 11.8 Å². The molecule has 0 unspecified atom stereocenters. The smallest absolute Gasteiger partial charge is 0.242 e. The van der Waals surface area contributed by atoms with Gasteiger partial charge in [-0.25, -0.2) is 0 Å². The zero-order valence-electron chi connectivity index (χ0n) is 11.0. The third kappa shape index (κ3) is 3.02. The summed E-state index contributed by atoms with van der Waals surface area (Å²) >= 11 is 0. The van der Waals surface area contributed by atoms with E-state index in [4.69, 9.17) is 0 Å². The van der Waals surface area contributed by atoms with Crippen LogP contribution in [0.5, 0.6) is 0 Å². The molecule has 0 aromatic rings. The summed E-state index contributed by atoms with van der Waals surface area (Å²) in [6, 6.07) is 0. The Morgan fingerprint density at radius 1 is 1.39 bits per heavy atom. The molecule has 0 aromatic heterocycles. The average Bonchev–Trinajstić information content (AvgIpc) is 2.89. The fourth-order valence-corrected chi connectivity index (χ4v) is 2.88. The fourth-order valence-electron chi connectivity index (χ4n) is 2.88. The molecule has 2 amide bonds. The van der Waals surface area contributed by atoms with Crippen LogP contribution < -0.4 is 0 Å². The van der Waals surface area contributed by atoms with Crippen LogP contribution in [-0.2, 0) is 9.59 Å². The van der Waals surface area contributed by atoms with Gasteiger partial charge < -0.3 is 14.9 Å². The maximum absolute atomic E-state index is 12.0. The summed E-state index contributed by atoms with van der Waals surface area (Å²) in [5, 5.41) is 10.2. The Kier molecular flexibility index (Phi) is 3.90. The molecule has 0 bridgehead atoms. The third-order valence-corrected chi connectivity index (χ3v) is 3.99. The van der Waals surface area contributed by atoms with E-state index in [-0.39, 0.29) is 18.4 Å². The summed E-state index contributed by atoms with van der Waals surface area (Å²) in [5.41, 5.74) is -0.709. The van der Waals surface area contributed by atoms with Gasteiger partial charge in [0.1, 0.15) is 0 Å². The molecule has 1 saturated heterocycles. The predicted octanol–water partition coefficient (Wildman–Crippen LogP) is 0.372. The second-order valence-corrected chi connectivity index (χ2v) is 5.60. The molecular weight excluding hydrogens is 232 g/mol. The van der Waals surface area contributed by atoms with Gasteiger partial charge in [-0.05, 0) is 19.3 Å². The number of carbonyl (C=O) groups is 2. The van der Waals surface area contributed by atoms with Crippen LogP contribution in [0.2, 0.25) is 0 Å². The third-order valence-electron chi connectivity index (χ3n) is 3.99. The number of aliphatic hydroxyl groups is 1. The van der Waals surface area contributed by atoms with Gasteiger partial charge >= 0.3 is 0 Å². The average molecular weight is 254 g/mol. The zero-order chi connectivity index (χ0) is 13.2. The summed E-state index contributed by atoms with van der Waals surface area (Å²) in [4.78, 5) is 26.6. The Morgan fingerprint density at radius 2 is 2.06 bits per heavy atom. The van der Waals surface area contributed by atoms with E-state index in [9.17, 15) is 14.7 Å². The summed E-state index contributed by atoms with van der Waals surface area (Å²) < 4.78 is 0. The van der Waals surface area contributed by atoms with Crippen molar-refractivity contribution in [2.24, 2.45) is 0 Å². The Labute approximate surface area is 108 Å². The molecule has 2 aliphatic rings. The molecule has 0 aromatic carbocycles. The highest BCUT2D eigenvalue weighted by atomic mass is 16.3. The molecule has 2 rings (SSSR count). The standard InChI is InChI=1S/C13H22N2O3/c1-14(10-13(18)6-2-3-7-13)12(17)9-15-8-4-5-11(15)16/h18H,2-10H2,1H3. The lowest BCUT2D eigenvalue weighted by molar-refractivity contribution is -0.139. The van der Waals surface area contributed by atoms with E-state index >= 15 is 0 Å². The minimum absolute atomic E-state index is 0.0660. The highest BCUT2D eigenvalue weighted by Crippen LogP contribution is 2.29. The Morgan fingerprint density at radius 3 is 2.61 bits per heavy atom. The van der Waals surface area contributed by atoms with Crippen molar-refractivity contribution in [2.75, 3.05) is 26.7 Å². The van der Waals surface area contributed by atoms with Crippen LogP contribution in [0.1, 0.15) is 38.5 Å². The lowest BCUT2D eigenvalue weighted by Gasteiger charge is -2.29. The highest BCUT2D eigenvalue weighted by molar-refractivity contribution is 5.85. The molecule has 0 radical (unpaired) electrons. The van der Waals surface area contributed by atoms with E-state index in [0.717, 1.165) is 32.1 Å². The number of amides is 2. The van der Waals surface area contributed by atoms with Gasteiger partial charge in [0.25, 0.3) is 0 Å². The number of likely N-dealkylation sites (N-methyl/N-ethyl adjacent to an activating group) is 1. The topological polar surface area (TPSA) is 60.9 Å². The van der Waals surface area contributed by atoms with Crippen molar-refractivity contribution in [1.82, 2.24) is 9.80 Å². The van der Waals surface area contributed by atoms with Gasteiger partial charge in [-0.15, -0.1) is 0 Å². The molecule has 1 heterocycles. The molecule has 1 saturated carbocycles. The molecule has 1 N–H and O–H groups in total. The lowest BCUT2D eigenvalue weighted by atomic mass is 10.0. The molecule has 2 fully saturated rings. The SMILES string of the molecule is CN(CC1(O)CCCC1)C(=O)CN1CCCC1=O. The number of hydrogen-bond donors (Lipinski definition) is 1. The zero-order valence-corrected chi connectivity index (χ0v) is 11.0. The molecule has 5 heteroatoms. The minimum Gasteiger partial charge on any atom is -0.388 e. The molecule has 0 atom stereocenters. The molecular formula is C13H22N2O3. The van der Waals surface area contributed by atoms with E-state index in [0.29, 0.717) is 19.5 Å².